The van der Waals surface area contributed by atoms with E-state index in [1.807, 2.05) is 6.26 Å². The van der Waals surface area contributed by atoms with E-state index >= 15 is 0 Å². The minimum atomic E-state index is -2.84. The fourth-order valence-electron chi connectivity index (χ4n) is 1.16. The Morgan fingerprint density at radius 1 is 1.38 bits per heavy atom. The summed E-state index contributed by atoms with van der Waals surface area (Å²) in [7, 11) is 0. The zero-order valence-electron chi connectivity index (χ0n) is 8.78. The van der Waals surface area contributed by atoms with Gasteiger partial charge in [-0.15, -0.1) is 0 Å². The van der Waals surface area contributed by atoms with Crippen LogP contribution in [0.15, 0.2) is 24.3 Å². The lowest BCUT2D eigenvalue weighted by Gasteiger charge is -2.05. The second-order valence-electron chi connectivity index (χ2n) is 3.07. The number of hydrogen-bond acceptors (Lipinski definition) is 3. The fourth-order valence-corrected chi connectivity index (χ4v) is 1.55. The molecule has 0 amide bonds. The Morgan fingerprint density at radius 3 is 2.50 bits per heavy atom. The van der Waals surface area contributed by atoms with Crippen LogP contribution in [0.5, 0.6) is 5.75 Å². The molecule has 0 radical (unpaired) electrons. The van der Waals surface area contributed by atoms with E-state index in [0.717, 1.165) is 5.75 Å². The molecule has 1 aromatic rings. The number of halogens is 2. The summed E-state index contributed by atoms with van der Waals surface area (Å²) in [5.74, 6) is 0.836. The predicted octanol–water partition coefficient (Wildman–Crippen LogP) is 3.22. The molecule has 2 nitrogen and oxygen atoms in total. The minimum absolute atomic E-state index is 0.0120. The number of benzene rings is 1. The van der Waals surface area contributed by atoms with Gasteiger partial charge in [0.2, 0.25) is 0 Å². The first-order valence-corrected chi connectivity index (χ1v) is 6.10. The number of thioether (sulfide) groups is 1. The highest BCUT2D eigenvalue weighted by atomic mass is 32.2. The Bertz CT molecular complexity index is 338. The van der Waals surface area contributed by atoms with Crippen molar-refractivity contribution in [3.8, 4) is 5.75 Å². The van der Waals surface area contributed by atoms with Gasteiger partial charge < -0.3 is 4.74 Å². The first-order valence-electron chi connectivity index (χ1n) is 4.70. The molecule has 0 aromatic heterocycles. The van der Waals surface area contributed by atoms with Crippen molar-refractivity contribution < 1.29 is 18.3 Å². The summed E-state index contributed by atoms with van der Waals surface area (Å²) in [6, 6.07) is 5.75. The highest BCUT2D eigenvalue weighted by Gasteiger charge is 2.07. The maximum atomic E-state index is 11.9. The van der Waals surface area contributed by atoms with E-state index < -0.39 is 6.61 Å². The Kier molecular flexibility index (Phi) is 5.25. The molecule has 0 atom stereocenters. The van der Waals surface area contributed by atoms with E-state index in [0.29, 0.717) is 12.0 Å². The van der Waals surface area contributed by atoms with Gasteiger partial charge in [-0.1, -0.05) is 0 Å². The van der Waals surface area contributed by atoms with Crippen molar-refractivity contribution in [2.75, 3.05) is 12.0 Å². The van der Waals surface area contributed by atoms with Crippen LogP contribution >= 0.6 is 11.8 Å². The van der Waals surface area contributed by atoms with Gasteiger partial charge in [-0.25, -0.2) is 0 Å². The molecule has 88 valence electrons. The molecule has 0 spiro atoms. The Hall–Kier alpha value is -1.10. The Balaban J connectivity index is 2.60. The zero-order valence-corrected chi connectivity index (χ0v) is 9.60. The quantitative estimate of drug-likeness (QED) is 0.721. The average molecular weight is 246 g/mol. The number of rotatable bonds is 6. The summed E-state index contributed by atoms with van der Waals surface area (Å²) in [5, 5.41) is 0. The van der Waals surface area contributed by atoms with Gasteiger partial charge in [0.25, 0.3) is 0 Å². The van der Waals surface area contributed by atoms with Crippen LogP contribution < -0.4 is 4.74 Å². The van der Waals surface area contributed by atoms with Crippen LogP contribution in [0, 0.1) is 0 Å². The molecule has 0 saturated heterocycles. The molecular formula is C11H12F2O2S. The van der Waals surface area contributed by atoms with E-state index in [9.17, 15) is 13.6 Å². The lowest BCUT2D eigenvalue weighted by molar-refractivity contribution is -0.0498. The standard InChI is InChI=1S/C11H12F2O2S/c1-16-7-6-10(14)8-2-4-9(5-3-8)15-11(12)13/h2-5,11H,6-7H2,1H3. The molecule has 0 heterocycles. The minimum Gasteiger partial charge on any atom is -0.435 e. The van der Waals surface area contributed by atoms with E-state index in [4.69, 9.17) is 0 Å². The molecular weight excluding hydrogens is 234 g/mol. The number of Topliss-reactive ketones (excluding diaryl/α,β-unsaturated/α-hetero) is 1. The van der Waals surface area contributed by atoms with Crippen LogP contribution in [0.1, 0.15) is 16.8 Å². The topological polar surface area (TPSA) is 26.3 Å². The third-order valence-corrected chi connectivity index (χ3v) is 2.55. The van der Waals surface area contributed by atoms with Crippen molar-refractivity contribution in [1.29, 1.82) is 0 Å². The molecule has 0 unspecified atom stereocenters. The zero-order chi connectivity index (χ0) is 12.0. The van der Waals surface area contributed by atoms with Gasteiger partial charge in [0.15, 0.2) is 5.78 Å². The molecule has 0 aliphatic heterocycles. The summed E-state index contributed by atoms with van der Waals surface area (Å²) in [6.45, 7) is -2.84. The monoisotopic (exact) mass is 246 g/mol. The molecule has 1 aromatic carbocycles. The fraction of sp³-hybridized carbons (Fsp3) is 0.364. The van der Waals surface area contributed by atoms with Crippen molar-refractivity contribution in [3.05, 3.63) is 29.8 Å². The number of hydrogen-bond donors (Lipinski definition) is 0. The smallest absolute Gasteiger partial charge is 0.387 e. The van der Waals surface area contributed by atoms with Gasteiger partial charge in [0.1, 0.15) is 5.75 Å². The summed E-state index contributed by atoms with van der Waals surface area (Å²) in [4.78, 5) is 11.5. The number of ether oxygens (including phenoxy) is 1. The summed E-state index contributed by atoms with van der Waals surface area (Å²) in [6.07, 6.45) is 2.38. The van der Waals surface area contributed by atoms with Gasteiger partial charge in [0, 0.05) is 17.7 Å². The molecule has 0 N–H and O–H groups in total. The number of carbonyl (C=O) groups excluding carboxylic acids is 1. The van der Waals surface area contributed by atoms with Crippen molar-refractivity contribution in [2.45, 2.75) is 13.0 Å². The van der Waals surface area contributed by atoms with Crippen LogP contribution in [0.25, 0.3) is 0 Å². The third-order valence-electron chi connectivity index (χ3n) is 1.93. The third kappa shape index (κ3) is 4.18. The van der Waals surface area contributed by atoms with E-state index in [1.54, 1.807) is 11.8 Å². The van der Waals surface area contributed by atoms with Crippen molar-refractivity contribution in [3.63, 3.8) is 0 Å². The van der Waals surface area contributed by atoms with Crippen molar-refractivity contribution in [2.24, 2.45) is 0 Å². The summed E-state index contributed by atoms with van der Waals surface area (Å²) < 4.78 is 27.9. The predicted molar refractivity (Wildman–Crippen MR) is 60.4 cm³/mol. The van der Waals surface area contributed by atoms with Gasteiger partial charge in [-0.05, 0) is 30.5 Å². The summed E-state index contributed by atoms with van der Waals surface area (Å²) >= 11 is 1.59. The highest BCUT2D eigenvalue weighted by Crippen LogP contribution is 2.16. The average Bonchev–Trinajstić information content (AvgIpc) is 2.26. The maximum absolute atomic E-state index is 11.9. The van der Waals surface area contributed by atoms with Crippen LogP contribution in [0.4, 0.5) is 8.78 Å². The van der Waals surface area contributed by atoms with Crippen LogP contribution in [0.3, 0.4) is 0 Å². The maximum Gasteiger partial charge on any atom is 0.387 e. The number of ketones is 1. The lowest BCUT2D eigenvalue weighted by Crippen LogP contribution is -2.03. The Labute approximate surface area is 97.0 Å². The number of carbonyl (C=O) groups is 1. The molecule has 0 bridgehead atoms. The SMILES string of the molecule is CSCCC(=O)c1ccc(OC(F)F)cc1. The molecule has 16 heavy (non-hydrogen) atoms. The van der Waals surface area contributed by atoms with Gasteiger partial charge in [-0.3, -0.25) is 4.79 Å². The van der Waals surface area contributed by atoms with Crippen molar-refractivity contribution >= 4 is 17.5 Å². The molecule has 5 heteroatoms. The van der Waals surface area contributed by atoms with Crippen LogP contribution in [-0.2, 0) is 0 Å². The normalized spacial score (nSPS) is 10.5. The molecule has 0 saturated carbocycles. The molecule has 0 aliphatic rings. The van der Waals surface area contributed by atoms with Gasteiger partial charge >= 0.3 is 6.61 Å². The molecule has 1 rings (SSSR count). The second kappa shape index (κ2) is 6.48. The number of alkyl halides is 2. The highest BCUT2D eigenvalue weighted by molar-refractivity contribution is 7.98. The van der Waals surface area contributed by atoms with Crippen molar-refractivity contribution in [1.82, 2.24) is 0 Å². The van der Waals surface area contributed by atoms with E-state index in [-0.39, 0.29) is 11.5 Å². The Morgan fingerprint density at radius 2 is 2.00 bits per heavy atom. The summed E-state index contributed by atoms with van der Waals surface area (Å²) in [5.41, 5.74) is 0.524. The molecule has 0 aliphatic carbocycles. The second-order valence-corrected chi connectivity index (χ2v) is 4.05. The lowest BCUT2D eigenvalue weighted by atomic mass is 10.1. The molecule has 0 fully saturated rings. The van der Waals surface area contributed by atoms with Crippen LogP contribution in [0.2, 0.25) is 0 Å². The van der Waals surface area contributed by atoms with Gasteiger partial charge in [-0.2, -0.15) is 20.5 Å². The van der Waals surface area contributed by atoms with Crippen LogP contribution in [-0.4, -0.2) is 24.4 Å². The largest absolute Gasteiger partial charge is 0.435 e. The first-order chi connectivity index (χ1) is 7.63. The first kappa shape index (κ1) is 13.0. The van der Waals surface area contributed by atoms with Gasteiger partial charge in [0.05, 0.1) is 0 Å². The van der Waals surface area contributed by atoms with E-state index in [2.05, 4.69) is 4.74 Å². The van der Waals surface area contributed by atoms with E-state index in [1.165, 1.54) is 24.3 Å².